The number of hydrogen-bond donors (Lipinski definition) is 1. The molecule has 0 radical (unpaired) electrons. The molecule has 126 valence electrons. The van der Waals surface area contributed by atoms with Crippen LogP contribution in [0.3, 0.4) is 0 Å². The maximum absolute atomic E-state index is 12.0. The third-order valence-corrected chi connectivity index (χ3v) is 4.46. The molecule has 0 heterocycles. The Hall–Kier alpha value is -2.67. The topological polar surface area (TPSA) is 78.8 Å². The first-order valence-electron chi connectivity index (χ1n) is 7.18. The maximum Gasteiger partial charge on any atom is 0.271 e. The summed E-state index contributed by atoms with van der Waals surface area (Å²) >= 11 is 0. The minimum atomic E-state index is -3.27. The number of rotatable bonds is 5. The van der Waals surface area contributed by atoms with Gasteiger partial charge in [0.05, 0.1) is 11.1 Å². The molecule has 6 nitrogen and oxygen atoms in total. The molecule has 0 saturated carbocycles. The van der Waals surface area contributed by atoms with E-state index in [1.807, 2.05) is 43.3 Å². The second-order valence-corrected chi connectivity index (χ2v) is 7.50. The molecule has 2 rings (SSSR count). The molecule has 0 aliphatic heterocycles. The van der Waals surface area contributed by atoms with E-state index < -0.39 is 15.7 Å². The number of benzene rings is 2. The van der Waals surface area contributed by atoms with E-state index in [-0.39, 0.29) is 4.90 Å². The Balaban J connectivity index is 1.99. The molecule has 2 aromatic carbocycles. The Labute approximate surface area is 141 Å². The van der Waals surface area contributed by atoms with Gasteiger partial charge in [-0.2, -0.15) is 5.10 Å². The molecule has 0 aromatic heterocycles. The summed E-state index contributed by atoms with van der Waals surface area (Å²) in [6, 6.07) is 13.4. The van der Waals surface area contributed by atoms with E-state index in [9.17, 15) is 13.2 Å². The zero-order chi connectivity index (χ0) is 17.7. The molecule has 0 spiro atoms. The van der Waals surface area contributed by atoms with Crippen molar-refractivity contribution in [3.63, 3.8) is 0 Å². The summed E-state index contributed by atoms with van der Waals surface area (Å²) in [5.74, 6) is -0.406. The van der Waals surface area contributed by atoms with Gasteiger partial charge < -0.3 is 4.90 Å². The van der Waals surface area contributed by atoms with E-state index in [2.05, 4.69) is 10.5 Å². The molecular formula is C17H19N3O3S. The van der Waals surface area contributed by atoms with Crippen LogP contribution in [0.15, 0.2) is 58.5 Å². The predicted octanol–water partition coefficient (Wildman–Crippen LogP) is 1.92. The second kappa shape index (κ2) is 7.27. The lowest BCUT2D eigenvalue weighted by molar-refractivity contribution is 0.0955. The largest absolute Gasteiger partial charge is 0.378 e. The average Bonchev–Trinajstić information content (AvgIpc) is 2.54. The van der Waals surface area contributed by atoms with Crippen LogP contribution in [-0.4, -0.2) is 40.9 Å². The SMILES string of the molecule is CN(C)c1ccc(/C=N/NC(=O)c2ccc(S(C)(=O)=O)cc2)cc1. The first-order valence-corrected chi connectivity index (χ1v) is 9.07. The number of anilines is 1. The molecule has 0 saturated heterocycles. The lowest BCUT2D eigenvalue weighted by Gasteiger charge is -2.11. The molecule has 1 amide bonds. The minimum Gasteiger partial charge on any atom is -0.378 e. The number of nitrogens with zero attached hydrogens (tertiary/aromatic N) is 2. The quantitative estimate of drug-likeness (QED) is 0.663. The van der Waals surface area contributed by atoms with Crippen molar-refractivity contribution in [3.05, 3.63) is 59.7 Å². The van der Waals surface area contributed by atoms with E-state index in [0.717, 1.165) is 17.5 Å². The Morgan fingerprint density at radius 1 is 1.04 bits per heavy atom. The van der Waals surface area contributed by atoms with Crippen LogP contribution in [0.25, 0.3) is 0 Å². The molecule has 2 aromatic rings. The van der Waals surface area contributed by atoms with Crippen LogP contribution >= 0.6 is 0 Å². The van der Waals surface area contributed by atoms with Crippen molar-refractivity contribution < 1.29 is 13.2 Å². The van der Waals surface area contributed by atoms with Crippen LogP contribution in [0.2, 0.25) is 0 Å². The lowest BCUT2D eigenvalue weighted by Crippen LogP contribution is -2.17. The van der Waals surface area contributed by atoms with Gasteiger partial charge in [-0.1, -0.05) is 12.1 Å². The van der Waals surface area contributed by atoms with Gasteiger partial charge in [-0.15, -0.1) is 0 Å². The average molecular weight is 345 g/mol. The Bertz CT molecular complexity index is 840. The van der Waals surface area contributed by atoms with Crippen molar-refractivity contribution in [3.8, 4) is 0 Å². The second-order valence-electron chi connectivity index (χ2n) is 5.48. The van der Waals surface area contributed by atoms with Crippen molar-refractivity contribution in [1.82, 2.24) is 5.43 Å². The van der Waals surface area contributed by atoms with Gasteiger partial charge in [0, 0.05) is 31.6 Å². The van der Waals surface area contributed by atoms with Gasteiger partial charge in [0.1, 0.15) is 0 Å². The van der Waals surface area contributed by atoms with Gasteiger partial charge in [-0.05, 0) is 42.0 Å². The Morgan fingerprint density at radius 3 is 2.12 bits per heavy atom. The van der Waals surface area contributed by atoms with Gasteiger partial charge in [0.2, 0.25) is 0 Å². The first kappa shape index (κ1) is 17.7. The van der Waals surface area contributed by atoms with E-state index in [1.165, 1.54) is 24.3 Å². The molecular weight excluding hydrogens is 326 g/mol. The smallest absolute Gasteiger partial charge is 0.271 e. The summed E-state index contributed by atoms with van der Waals surface area (Å²) in [5, 5.41) is 3.91. The lowest BCUT2D eigenvalue weighted by atomic mass is 10.2. The molecule has 7 heteroatoms. The highest BCUT2D eigenvalue weighted by Gasteiger charge is 2.09. The zero-order valence-electron chi connectivity index (χ0n) is 13.7. The third-order valence-electron chi connectivity index (χ3n) is 3.33. The highest BCUT2D eigenvalue weighted by molar-refractivity contribution is 7.90. The zero-order valence-corrected chi connectivity index (χ0v) is 14.5. The number of hydrazone groups is 1. The van der Waals surface area contributed by atoms with Crippen molar-refractivity contribution in [1.29, 1.82) is 0 Å². The van der Waals surface area contributed by atoms with Crippen LogP contribution in [0.5, 0.6) is 0 Å². The molecule has 24 heavy (non-hydrogen) atoms. The predicted molar refractivity (Wildman–Crippen MR) is 95.4 cm³/mol. The highest BCUT2D eigenvalue weighted by Crippen LogP contribution is 2.11. The van der Waals surface area contributed by atoms with Crippen LogP contribution in [0.1, 0.15) is 15.9 Å². The van der Waals surface area contributed by atoms with Crippen LogP contribution < -0.4 is 10.3 Å². The summed E-state index contributed by atoms with van der Waals surface area (Å²) in [6.07, 6.45) is 2.66. The molecule has 0 unspecified atom stereocenters. The summed E-state index contributed by atoms with van der Waals surface area (Å²) < 4.78 is 22.8. The molecule has 0 atom stereocenters. The van der Waals surface area contributed by atoms with Crippen LogP contribution in [-0.2, 0) is 9.84 Å². The van der Waals surface area contributed by atoms with Gasteiger partial charge in [0.15, 0.2) is 9.84 Å². The number of carbonyl (C=O) groups excluding carboxylic acids is 1. The van der Waals surface area contributed by atoms with Crippen molar-refractivity contribution in [2.24, 2.45) is 5.10 Å². The Morgan fingerprint density at radius 2 is 1.62 bits per heavy atom. The van der Waals surface area contributed by atoms with E-state index in [4.69, 9.17) is 0 Å². The molecule has 0 aliphatic carbocycles. The Kier molecular flexibility index (Phi) is 5.35. The maximum atomic E-state index is 12.0. The van der Waals surface area contributed by atoms with Crippen LogP contribution in [0, 0.1) is 0 Å². The standard InChI is InChI=1S/C17H19N3O3S/c1-20(2)15-8-4-13(5-9-15)12-18-19-17(21)14-6-10-16(11-7-14)24(3,22)23/h4-12H,1-3H3,(H,19,21)/b18-12+. The fourth-order valence-electron chi connectivity index (χ4n) is 1.94. The number of carbonyl (C=O) groups is 1. The van der Waals surface area contributed by atoms with Crippen molar-refractivity contribution >= 4 is 27.6 Å². The molecule has 0 aliphatic rings. The number of hydrogen-bond acceptors (Lipinski definition) is 5. The summed E-state index contributed by atoms with van der Waals surface area (Å²) in [7, 11) is 0.641. The number of amides is 1. The fourth-order valence-corrected chi connectivity index (χ4v) is 2.57. The van der Waals surface area contributed by atoms with E-state index in [0.29, 0.717) is 5.56 Å². The summed E-state index contributed by atoms with van der Waals surface area (Å²) in [4.78, 5) is 14.1. The first-order chi connectivity index (χ1) is 11.3. The van der Waals surface area contributed by atoms with Crippen molar-refractivity contribution in [2.45, 2.75) is 4.90 Å². The number of nitrogens with one attached hydrogen (secondary N) is 1. The van der Waals surface area contributed by atoms with Gasteiger partial charge in [0.25, 0.3) is 5.91 Å². The van der Waals surface area contributed by atoms with Crippen molar-refractivity contribution in [2.75, 3.05) is 25.3 Å². The van der Waals surface area contributed by atoms with Gasteiger partial charge in [-0.25, -0.2) is 13.8 Å². The molecule has 1 N–H and O–H groups in total. The fraction of sp³-hybridized carbons (Fsp3) is 0.176. The van der Waals surface area contributed by atoms with Crippen LogP contribution in [0.4, 0.5) is 5.69 Å². The number of sulfone groups is 1. The summed E-state index contributed by atoms with van der Waals surface area (Å²) in [6.45, 7) is 0. The molecule has 0 fully saturated rings. The van der Waals surface area contributed by atoms with Gasteiger partial charge in [-0.3, -0.25) is 4.79 Å². The normalized spacial score (nSPS) is 11.5. The van der Waals surface area contributed by atoms with E-state index >= 15 is 0 Å². The van der Waals surface area contributed by atoms with Gasteiger partial charge >= 0.3 is 0 Å². The highest BCUT2D eigenvalue weighted by atomic mass is 32.2. The third kappa shape index (κ3) is 4.66. The molecule has 0 bridgehead atoms. The monoisotopic (exact) mass is 345 g/mol. The summed E-state index contributed by atoms with van der Waals surface area (Å²) in [5.41, 5.74) is 4.68. The minimum absolute atomic E-state index is 0.170. The van der Waals surface area contributed by atoms with E-state index in [1.54, 1.807) is 6.21 Å².